The zero-order chi connectivity index (χ0) is 23.8. The summed E-state index contributed by atoms with van der Waals surface area (Å²) in [5, 5.41) is 13.4. The van der Waals surface area contributed by atoms with Crippen molar-refractivity contribution >= 4 is 17.8 Å². The predicted octanol–water partition coefficient (Wildman–Crippen LogP) is 6.44. The lowest BCUT2D eigenvalue weighted by Gasteiger charge is -2.20. The minimum absolute atomic E-state index is 0.248. The van der Waals surface area contributed by atoms with E-state index < -0.39 is 5.97 Å². The Kier molecular flexibility index (Phi) is 7.76. The topological polar surface area (TPSA) is 68.1 Å². The van der Waals surface area contributed by atoms with Gasteiger partial charge in [-0.2, -0.15) is 0 Å². The summed E-state index contributed by atoms with van der Waals surface area (Å²) < 4.78 is 5.46. The number of carboxylic acid groups (broad SMARTS) is 1. The van der Waals surface area contributed by atoms with Crippen molar-refractivity contribution < 1.29 is 19.5 Å². The van der Waals surface area contributed by atoms with E-state index in [4.69, 9.17) is 14.7 Å². The van der Waals surface area contributed by atoms with Crippen LogP contribution in [0, 0.1) is 0 Å². The van der Waals surface area contributed by atoms with Gasteiger partial charge in [-0.25, -0.2) is 4.79 Å². The minimum atomic E-state index is -0.969. The Morgan fingerprint density at radius 3 is 2.26 bits per heavy atom. The van der Waals surface area contributed by atoms with Crippen LogP contribution in [0.25, 0.3) is 6.08 Å². The Morgan fingerprint density at radius 2 is 1.62 bits per heavy atom. The molecule has 174 valence electrons. The van der Waals surface area contributed by atoms with Crippen LogP contribution in [0.3, 0.4) is 0 Å². The van der Waals surface area contributed by atoms with Crippen LogP contribution >= 0.6 is 0 Å². The zero-order valence-corrected chi connectivity index (χ0v) is 19.3. The summed E-state index contributed by atoms with van der Waals surface area (Å²) in [6, 6.07) is 26.1. The maximum atomic E-state index is 10.8. The van der Waals surface area contributed by atoms with Crippen molar-refractivity contribution in [1.82, 2.24) is 0 Å². The number of rotatable bonds is 10. The number of carboxylic acids is 1. The van der Waals surface area contributed by atoms with Gasteiger partial charge in [0.2, 0.25) is 0 Å². The maximum Gasteiger partial charge on any atom is 0.341 e. The molecule has 0 spiro atoms. The van der Waals surface area contributed by atoms with Gasteiger partial charge in [-0.3, -0.25) is 0 Å². The van der Waals surface area contributed by atoms with Crippen molar-refractivity contribution in [2.24, 2.45) is 5.16 Å². The average molecular weight is 456 g/mol. The van der Waals surface area contributed by atoms with Gasteiger partial charge in [0.05, 0.1) is 5.71 Å². The Balaban J connectivity index is 1.40. The number of nitrogens with zero attached hydrogens (tertiary/aromatic N) is 1. The summed E-state index contributed by atoms with van der Waals surface area (Å²) in [5.74, 6) is -0.308. The second-order valence-electron chi connectivity index (χ2n) is 8.44. The molecular weight excluding hydrogens is 426 g/mol. The van der Waals surface area contributed by atoms with Gasteiger partial charge < -0.3 is 14.7 Å². The van der Waals surface area contributed by atoms with Gasteiger partial charge in [-0.05, 0) is 55.4 Å². The summed E-state index contributed by atoms with van der Waals surface area (Å²) in [5.41, 5.74) is 6.61. The summed E-state index contributed by atoms with van der Waals surface area (Å²) >= 11 is 0. The fourth-order valence-corrected chi connectivity index (χ4v) is 4.13. The van der Waals surface area contributed by atoms with Gasteiger partial charge >= 0.3 is 5.97 Å². The van der Waals surface area contributed by atoms with Crippen molar-refractivity contribution in [2.75, 3.05) is 6.61 Å². The van der Waals surface area contributed by atoms with Crippen LogP contribution in [0.1, 0.15) is 54.5 Å². The molecule has 0 bridgehead atoms. The Morgan fingerprint density at radius 1 is 0.941 bits per heavy atom. The summed E-state index contributed by atoms with van der Waals surface area (Å²) in [6.45, 7) is 1.68. The SMILES string of the molecule is C/C(CCC1=Cc2cccc(OCC(=O)O)c2CC1)=N\OC(c1ccccc1)c1ccccc1. The fraction of sp³-hybridized carbons (Fsp3) is 0.241. The van der Waals surface area contributed by atoms with Gasteiger partial charge in [-0.15, -0.1) is 0 Å². The maximum absolute atomic E-state index is 10.8. The van der Waals surface area contributed by atoms with Crippen molar-refractivity contribution in [2.45, 2.75) is 38.7 Å². The Bertz CT molecular complexity index is 1130. The normalized spacial score (nSPS) is 13.2. The van der Waals surface area contributed by atoms with Crippen LogP contribution in [-0.2, 0) is 16.1 Å². The number of fused-ring (bicyclic) bond motifs is 1. The second-order valence-corrected chi connectivity index (χ2v) is 8.44. The van der Waals surface area contributed by atoms with Gasteiger partial charge in [0.1, 0.15) is 5.75 Å². The number of oxime groups is 1. The van der Waals surface area contributed by atoms with Crippen LogP contribution in [0.4, 0.5) is 0 Å². The molecule has 0 amide bonds. The number of carbonyl (C=O) groups is 1. The molecule has 4 rings (SSSR count). The molecule has 3 aromatic rings. The quantitative estimate of drug-likeness (QED) is 0.282. The third kappa shape index (κ3) is 6.13. The highest BCUT2D eigenvalue weighted by molar-refractivity contribution is 5.81. The van der Waals surface area contributed by atoms with E-state index in [1.807, 2.05) is 55.5 Å². The molecule has 0 fully saturated rings. The predicted molar refractivity (Wildman–Crippen MR) is 134 cm³/mol. The molecule has 34 heavy (non-hydrogen) atoms. The second kappa shape index (κ2) is 11.3. The van der Waals surface area contributed by atoms with Crippen LogP contribution in [0.5, 0.6) is 5.75 Å². The molecule has 1 aliphatic carbocycles. The van der Waals surface area contributed by atoms with Crippen molar-refractivity contribution in [3.63, 3.8) is 0 Å². The number of hydrogen-bond donors (Lipinski definition) is 1. The van der Waals surface area contributed by atoms with E-state index in [0.29, 0.717) is 5.75 Å². The van der Waals surface area contributed by atoms with E-state index in [2.05, 4.69) is 41.6 Å². The van der Waals surface area contributed by atoms with Gasteiger partial charge in [0.25, 0.3) is 0 Å². The molecule has 0 saturated heterocycles. The van der Waals surface area contributed by atoms with E-state index in [9.17, 15) is 4.79 Å². The lowest BCUT2D eigenvalue weighted by molar-refractivity contribution is -0.139. The molecule has 0 saturated carbocycles. The zero-order valence-electron chi connectivity index (χ0n) is 19.3. The lowest BCUT2D eigenvalue weighted by atomic mass is 9.89. The van der Waals surface area contributed by atoms with E-state index in [1.54, 1.807) is 0 Å². The highest BCUT2D eigenvalue weighted by atomic mass is 16.6. The molecule has 0 atom stereocenters. The molecule has 0 heterocycles. The van der Waals surface area contributed by atoms with Crippen LogP contribution < -0.4 is 4.74 Å². The number of hydrogen-bond acceptors (Lipinski definition) is 4. The highest BCUT2D eigenvalue weighted by Crippen LogP contribution is 2.33. The van der Waals surface area contributed by atoms with E-state index in [0.717, 1.165) is 53.6 Å². The third-order valence-electron chi connectivity index (χ3n) is 5.90. The van der Waals surface area contributed by atoms with Gasteiger partial charge in [0, 0.05) is 5.56 Å². The molecule has 0 radical (unpaired) electrons. The summed E-state index contributed by atoms with van der Waals surface area (Å²) in [7, 11) is 0. The first-order chi connectivity index (χ1) is 16.6. The minimum Gasteiger partial charge on any atom is -0.482 e. The van der Waals surface area contributed by atoms with Crippen LogP contribution in [0.2, 0.25) is 0 Å². The Labute approximate surface area is 200 Å². The molecule has 0 aliphatic heterocycles. The molecule has 0 unspecified atom stereocenters. The summed E-state index contributed by atoms with van der Waals surface area (Å²) in [4.78, 5) is 16.9. The molecule has 0 aromatic heterocycles. The number of benzene rings is 3. The number of ether oxygens (including phenoxy) is 1. The van der Waals surface area contributed by atoms with E-state index in [-0.39, 0.29) is 12.7 Å². The third-order valence-corrected chi connectivity index (χ3v) is 5.90. The summed E-state index contributed by atoms with van der Waals surface area (Å²) in [6.07, 6.45) is 5.42. The Hall–Kier alpha value is -3.86. The molecular formula is C29H29NO4. The first-order valence-electron chi connectivity index (χ1n) is 11.6. The van der Waals surface area contributed by atoms with E-state index >= 15 is 0 Å². The smallest absolute Gasteiger partial charge is 0.341 e. The molecule has 5 heteroatoms. The number of aliphatic carboxylic acids is 1. The van der Waals surface area contributed by atoms with Gasteiger partial charge in [0.15, 0.2) is 12.7 Å². The lowest BCUT2D eigenvalue weighted by Crippen LogP contribution is -2.12. The molecule has 5 nitrogen and oxygen atoms in total. The first kappa shape index (κ1) is 23.3. The van der Waals surface area contributed by atoms with E-state index in [1.165, 1.54) is 5.57 Å². The average Bonchev–Trinajstić information content (AvgIpc) is 2.87. The molecule has 3 aromatic carbocycles. The fourth-order valence-electron chi connectivity index (χ4n) is 4.13. The van der Waals surface area contributed by atoms with Gasteiger partial charge in [-0.1, -0.05) is 89.6 Å². The molecule has 1 aliphatic rings. The monoisotopic (exact) mass is 455 g/mol. The largest absolute Gasteiger partial charge is 0.482 e. The van der Waals surface area contributed by atoms with Crippen molar-refractivity contribution in [3.8, 4) is 5.75 Å². The molecule has 1 N–H and O–H groups in total. The van der Waals surface area contributed by atoms with Crippen molar-refractivity contribution in [3.05, 3.63) is 107 Å². The highest BCUT2D eigenvalue weighted by Gasteiger charge is 2.17. The van der Waals surface area contributed by atoms with Crippen LogP contribution in [0.15, 0.2) is 89.6 Å². The van der Waals surface area contributed by atoms with Crippen LogP contribution in [-0.4, -0.2) is 23.4 Å². The first-order valence-corrected chi connectivity index (χ1v) is 11.6. The number of allylic oxidation sites excluding steroid dienone is 1. The standard InChI is InChI=1S/C29H29NO4/c1-21(30-34-29(23-9-4-2-5-10-23)24-11-6-3-7-12-24)15-16-22-17-18-26-25(19-22)13-8-14-27(26)33-20-28(31)32/h2-14,19,29H,15-18,20H2,1H3,(H,31,32)/b30-21+. The van der Waals surface area contributed by atoms with Crippen molar-refractivity contribution in [1.29, 1.82) is 0 Å².